The maximum absolute atomic E-state index is 12.1. The van der Waals surface area contributed by atoms with Gasteiger partial charge in [-0.15, -0.1) is 0 Å². The topological polar surface area (TPSA) is 58.2 Å². The molecule has 0 saturated carbocycles. The van der Waals surface area contributed by atoms with E-state index in [4.69, 9.17) is 0 Å². The Balaban J connectivity index is 1.87. The first-order valence-corrected chi connectivity index (χ1v) is 8.17. The summed E-state index contributed by atoms with van der Waals surface area (Å²) in [6.07, 6.45) is 0.836. The van der Waals surface area contributed by atoms with Crippen LogP contribution in [0.2, 0.25) is 0 Å². The number of carbonyl (C=O) groups excluding carboxylic acids is 2. The number of benzene rings is 2. The van der Waals surface area contributed by atoms with Crippen molar-refractivity contribution in [2.24, 2.45) is 5.92 Å². The van der Waals surface area contributed by atoms with Gasteiger partial charge in [-0.1, -0.05) is 43.7 Å². The lowest BCUT2D eigenvalue weighted by atomic mass is 10.1. The van der Waals surface area contributed by atoms with Gasteiger partial charge in [0, 0.05) is 17.8 Å². The Morgan fingerprint density at radius 3 is 1.83 bits per heavy atom. The Kier molecular flexibility index (Phi) is 6.13. The molecule has 0 aliphatic rings. The van der Waals surface area contributed by atoms with Crippen LogP contribution in [-0.2, 0) is 16.0 Å². The van der Waals surface area contributed by atoms with Gasteiger partial charge in [-0.25, -0.2) is 0 Å². The molecule has 0 aliphatic heterocycles. The summed E-state index contributed by atoms with van der Waals surface area (Å²) in [6.45, 7) is 6.03. The minimum absolute atomic E-state index is 0.00107. The molecule has 0 atom stereocenters. The van der Waals surface area contributed by atoms with Crippen LogP contribution >= 0.6 is 0 Å². The number of rotatable bonds is 6. The third-order valence-corrected chi connectivity index (χ3v) is 3.53. The van der Waals surface area contributed by atoms with Gasteiger partial charge in [0.2, 0.25) is 11.8 Å². The lowest BCUT2D eigenvalue weighted by molar-refractivity contribution is -0.117. The molecular formula is C20H24N2O2. The third-order valence-electron chi connectivity index (χ3n) is 3.53. The van der Waals surface area contributed by atoms with Crippen LogP contribution in [0.5, 0.6) is 0 Å². The maximum atomic E-state index is 12.1. The fourth-order valence-corrected chi connectivity index (χ4v) is 2.32. The molecule has 24 heavy (non-hydrogen) atoms. The second kappa shape index (κ2) is 8.29. The summed E-state index contributed by atoms with van der Waals surface area (Å²) in [6, 6.07) is 15.1. The van der Waals surface area contributed by atoms with E-state index in [0.717, 1.165) is 11.3 Å². The summed E-state index contributed by atoms with van der Waals surface area (Å²) >= 11 is 0. The first-order valence-electron chi connectivity index (χ1n) is 8.17. The van der Waals surface area contributed by atoms with Gasteiger partial charge >= 0.3 is 0 Å². The number of carbonyl (C=O) groups is 2. The van der Waals surface area contributed by atoms with Gasteiger partial charge < -0.3 is 10.6 Å². The standard InChI is InChI=1S/C20H24N2O2/c1-14(2)12-19(23)21-17-8-10-18(11-9-17)22-20(24)13-16-6-4-15(3)5-7-16/h4-11,14H,12-13H2,1-3H3,(H,21,23)(H,22,24). The molecule has 4 nitrogen and oxygen atoms in total. The predicted molar refractivity (Wildman–Crippen MR) is 98.0 cm³/mol. The van der Waals surface area contributed by atoms with Gasteiger partial charge in [0.25, 0.3) is 0 Å². The molecule has 4 heteroatoms. The van der Waals surface area contributed by atoms with Crippen LogP contribution in [0.4, 0.5) is 11.4 Å². The second-order valence-corrected chi connectivity index (χ2v) is 6.43. The SMILES string of the molecule is Cc1ccc(CC(=O)Nc2ccc(NC(=O)CC(C)C)cc2)cc1. The van der Waals surface area contributed by atoms with E-state index < -0.39 is 0 Å². The van der Waals surface area contributed by atoms with E-state index in [1.165, 1.54) is 5.56 Å². The fraction of sp³-hybridized carbons (Fsp3) is 0.300. The van der Waals surface area contributed by atoms with Gasteiger partial charge in [0.15, 0.2) is 0 Å². The minimum Gasteiger partial charge on any atom is -0.326 e. The first kappa shape index (κ1) is 17.7. The Morgan fingerprint density at radius 1 is 0.833 bits per heavy atom. The second-order valence-electron chi connectivity index (χ2n) is 6.43. The normalized spacial score (nSPS) is 10.5. The van der Waals surface area contributed by atoms with Crippen molar-refractivity contribution in [2.75, 3.05) is 10.6 Å². The summed E-state index contributed by atoms with van der Waals surface area (Å²) < 4.78 is 0. The summed E-state index contributed by atoms with van der Waals surface area (Å²) in [4.78, 5) is 23.8. The predicted octanol–water partition coefficient (Wildman–Crippen LogP) is 4.16. The maximum Gasteiger partial charge on any atom is 0.228 e. The number of nitrogens with one attached hydrogen (secondary N) is 2. The fourth-order valence-electron chi connectivity index (χ4n) is 2.32. The lowest BCUT2D eigenvalue weighted by Gasteiger charge is -2.09. The molecule has 0 saturated heterocycles. The van der Waals surface area contributed by atoms with Crippen LogP contribution in [0.15, 0.2) is 48.5 Å². The highest BCUT2D eigenvalue weighted by atomic mass is 16.2. The molecule has 0 unspecified atom stereocenters. The summed E-state index contributed by atoms with van der Waals surface area (Å²) in [7, 11) is 0. The molecule has 0 aliphatic carbocycles. The quantitative estimate of drug-likeness (QED) is 0.838. The number of hydrogen-bond donors (Lipinski definition) is 2. The molecule has 2 aromatic rings. The van der Waals surface area contributed by atoms with Gasteiger partial charge in [0.05, 0.1) is 6.42 Å². The van der Waals surface area contributed by atoms with Crippen molar-refractivity contribution >= 4 is 23.2 Å². The van der Waals surface area contributed by atoms with Crippen molar-refractivity contribution in [3.05, 3.63) is 59.7 Å². The van der Waals surface area contributed by atoms with Gasteiger partial charge in [0.1, 0.15) is 0 Å². The largest absolute Gasteiger partial charge is 0.326 e. The minimum atomic E-state index is -0.0598. The highest BCUT2D eigenvalue weighted by Gasteiger charge is 2.07. The number of hydrogen-bond acceptors (Lipinski definition) is 2. The Labute approximate surface area is 143 Å². The molecule has 0 heterocycles. The van der Waals surface area contributed by atoms with Crippen molar-refractivity contribution in [1.29, 1.82) is 0 Å². The van der Waals surface area contributed by atoms with Gasteiger partial charge in [-0.3, -0.25) is 9.59 Å². The van der Waals surface area contributed by atoms with E-state index in [9.17, 15) is 9.59 Å². The molecule has 0 aromatic heterocycles. The highest BCUT2D eigenvalue weighted by Crippen LogP contribution is 2.15. The number of amides is 2. The third kappa shape index (κ3) is 5.88. The molecule has 0 radical (unpaired) electrons. The van der Waals surface area contributed by atoms with E-state index >= 15 is 0 Å². The molecule has 2 aromatic carbocycles. The van der Waals surface area contributed by atoms with Crippen LogP contribution in [0.1, 0.15) is 31.4 Å². The smallest absolute Gasteiger partial charge is 0.228 e. The molecule has 0 spiro atoms. The van der Waals surface area contributed by atoms with Crippen molar-refractivity contribution in [3.63, 3.8) is 0 Å². The lowest BCUT2D eigenvalue weighted by Crippen LogP contribution is -2.15. The van der Waals surface area contributed by atoms with Crippen molar-refractivity contribution in [1.82, 2.24) is 0 Å². The average molecular weight is 324 g/mol. The van der Waals surface area contributed by atoms with Crippen LogP contribution in [0.3, 0.4) is 0 Å². The van der Waals surface area contributed by atoms with Crippen molar-refractivity contribution in [3.8, 4) is 0 Å². The first-order chi connectivity index (χ1) is 11.4. The number of aryl methyl sites for hydroxylation is 1. The summed E-state index contributed by atoms with van der Waals surface area (Å²) in [5.74, 6) is 0.266. The Bertz CT molecular complexity index is 689. The zero-order valence-corrected chi connectivity index (χ0v) is 14.4. The van der Waals surface area contributed by atoms with Crippen LogP contribution in [0, 0.1) is 12.8 Å². The Morgan fingerprint density at radius 2 is 1.33 bits per heavy atom. The zero-order chi connectivity index (χ0) is 17.5. The molecule has 0 fully saturated rings. The van der Waals surface area contributed by atoms with E-state index in [1.807, 2.05) is 45.0 Å². The highest BCUT2D eigenvalue weighted by molar-refractivity contribution is 5.93. The van der Waals surface area contributed by atoms with E-state index in [1.54, 1.807) is 24.3 Å². The summed E-state index contributed by atoms with van der Waals surface area (Å²) in [5.41, 5.74) is 3.61. The molecule has 126 valence electrons. The molecule has 2 N–H and O–H groups in total. The van der Waals surface area contributed by atoms with Gasteiger partial charge in [-0.2, -0.15) is 0 Å². The number of anilines is 2. The Hall–Kier alpha value is -2.62. The average Bonchev–Trinajstić information content (AvgIpc) is 2.51. The van der Waals surface area contributed by atoms with E-state index in [2.05, 4.69) is 10.6 Å². The van der Waals surface area contributed by atoms with Gasteiger partial charge in [-0.05, 0) is 42.7 Å². The van der Waals surface area contributed by atoms with Crippen molar-refractivity contribution in [2.45, 2.75) is 33.6 Å². The van der Waals surface area contributed by atoms with E-state index in [-0.39, 0.29) is 11.8 Å². The molecule has 2 amide bonds. The van der Waals surface area contributed by atoms with E-state index in [0.29, 0.717) is 24.4 Å². The van der Waals surface area contributed by atoms with Crippen LogP contribution in [-0.4, -0.2) is 11.8 Å². The molecule has 2 rings (SSSR count). The van der Waals surface area contributed by atoms with Crippen LogP contribution < -0.4 is 10.6 Å². The van der Waals surface area contributed by atoms with Crippen molar-refractivity contribution < 1.29 is 9.59 Å². The zero-order valence-electron chi connectivity index (χ0n) is 14.4. The summed E-state index contributed by atoms with van der Waals surface area (Å²) in [5, 5.41) is 5.71. The monoisotopic (exact) mass is 324 g/mol. The molecule has 0 bridgehead atoms. The van der Waals surface area contributed by atoms with Crippen LogP contribution in [0.25, 0.3) is 0 Å². The molecular weight excluding hydrogens is 300 g/mol.